The zero-order chi connectivity index (χ0) is 37.7. The van der Waals surface area contributed by atoms with Crippen molar-refractivity contribution in [1.82, 2.24) is 14.6 Å². The highest BCUT2D eigenvalue weighted by Crippen LogP contribution is 2.63. The van der Waals surface area contributed by atoms with E-state index in [9.17, 15) is 19.7 Å². The first-order chi connectivity index (χ1) is 25.6. The summed E-state index contributed by atoms with van der Waals surface area (Å²) in [6.45, 7) is 4.07. The normalized spacial score (nSPS) is 25.4. The SMILES string of the molecule is CCCCCCCCCCCCCCCCCCC[C@H](COP(=O)(O)OC1[C@H]2O[C@@](C)(c3ccc4c(N)ncnn34)[C@H](O)[C@@]12O)OCc1ccccc1. The van der Waals surface area contributed by atoms with Gasteiger partial charge in [0, 0.05) is 0 Å². The van der Waals surface area contributed by atoms with Gasteiger partial charge in [0.2, 0.25) is 0 Å². The molecule has 53 heavy (non-hydrogen) atoms. The standard InChI is InChI=1S/C40H63N4O8P/c1-3-4-5-6-7-8-9-10-11-12-13-14-15-16-17-18-22-25-32(49-28-31-23-20-19-21-24-31)29-50-53(47,48)52-36-35-40(36,46)38(45)39(2,51-35)34-27-26-33-37(41)42-30-43-44(33)34/h19-21,23-24,26-27,30,32,35-36,38,45-46H,3-18,22,25,28-29H2,1-2H3,(H,47,48)(H2,41,42,43)/t32-,35-,36?,38+,39+,40+/m1/s1. The fourth-order valence-corrected chi connectivity index (χ4v) is 8.67. The molecule has 1 aliphatic carbocycles. The largest absolute Gasteiger partial charge is 0.472 e. The van der Waals surface area contributed by atoms with Crippen LogP contribution in [0.15, 0.2) is 48.8 Å². The van der Waals surface area contributed by atoms with Crippen LogP contribution >= 0.6 is 7.82 Å². The van der Waals surface area contributed by atoms with Crippen LogP contribution in [0.2, 0.25) is 0 Å². The summed E-state index contributed by atoms with van der Waals surface area (Å²) in [5.74, 6) is 0.252. The number of phosphoric ester groups is 1. The molecule has 1 saturated heterocycles. The number of phosphoric acid groups is 1. The molecule has 0 radical (unpaired) electrons. The molecular formula is C40H63N4O8P. The third-order valence-corrected chi connectivity index (χ3v) is 12.0. The molecule has 3 aromatic rings. The van der Waals surface area contributed by atoms with Crippen molar-refractivity contribution < 1.29 is 38.2 Å². The molecule has 5 rings (SSSR count). The predicted octanol–water partition coefficient (Wildman–Crippen LogP) is 8.16. The number of nitrogens with two attached hydrogens (primary N) is 1. The number of aromatic nitrogens is 3. The van der Waals surface area contributed by atoms with E-state index in [0.29, 0.717) is 24.2 Å². The maximum Gasteiger partial charge on any atom is 0.472 e. The van der Waals surface area contributed by atoms with Crippen molar-refractivity contribution in [2.75, 3.05) is 12.3 Å². The van der Waals surface area contributed by atoms with Gasteiger partial charge in [-0.05, 0) is 31.0 Å². The van der Waals surface area contributed by atoms with Crippen LogP contribution in [0.5, 0.6) is 0 Å². The fraction of sp³-hybridized carbons (Fsp3) is 0.700. The smallest absolute Gasteiger partial charge is 0.386 e. The lowest BCUT2D eigenvalue weighted by molar-refractivity contribution is -0.127. The molecule has 0 bridgehead atoms. The Bertz CT molecular complexity index is 1580. The van der Waals surface area contributed by atoms with Crippen molar-refractivity contribution in [3.05, 3.63) is 60.0 Å². The molecule has 2 unspecified atom stereocenters. The van der Waals surface area contributed by atoms with Crippen molar-refractivity contribution in [1.29, 1.82) is 0 Å². The van der Waals surface area contributed by atoms with Crippen molar-refractivity contribution in [3.63, 3.8) is 0 Å². The zero-order valence-corrected chi connectivity index (χ0v) is 32.7. The first-order valence-corrected chi connectivity index (χ1v) is 21.6. The lowest BCUT2D eigenvalue weighted by Gasteiger charge is -2.32. The molecule has 13 heteroatoms. The van der Waals surface area contributed by atoms with Crippen LogP contribution in [0.1, 0.15) is 141 Å². The van der Waals surface area contributed by atoms with Crippen LogP contribution in [0.4, 0.5) is 5.82 Å². The zero-order valence-electron chi connectivity index (χ0n) is 31.8. The Morgan fingerprint density at radius 2 is 1.49 bits per heavy atom. The molecule has 1 saturated carbocycles. The van der Waals surface area contributed by atoms with E-state index in [-0.39, 0.29) is 12.4 Å². The van der Waals surface area contributed by atoms with E-state index in [0.717, 1.165) is 24.8 Å². The summed E-state index contributed by atoms with van der Waals surface area (Å²) in [6, 6.07) is 13.1. The van der Waals surface area contributed by atoms with Crippen LogP contribution < -0.4 is 5.73 Å². The van der Waals surface area contributed by atoms with E-state index >= 15 is 0 Å². The number of unbranched alkanes of at least 4 members (excludes halogenated alkanes) is 16. The van der Waals surface area contributed by atoms with Crippen LogP contribution in [0, 0.1) is 0 Å². The Morgan fingerprint density at radius 1 is 0.906 bits per heavy atom. The number of hydrogen-bond donors (Lipinski definition) is 4. The average Bonchev–Trinajstić information content (AvgIpc) is 3.40. The van der Waals surface area contributed by atoms with Crippen molar-refractivity contribution >= 4 is 19.2 Å². The van der Waals surface area contributed by atoms with E-state index in [2.05, 4.69) is 17.0 Å². The number of aliphatic hydroxyl groups excluding tert-OH is 1. The minimum absolute atomic E-state index is 0.159. The van der Waals surface area contributed by atoms with Gasteiger partial charge >= 0.3 is 7.82 Å². The van der Waals surface area contributed by atoms with Gasteiger partial charge in [0.05, 0.1) is 25.0 Å². The molecule has 3 heterocycles. The molecule has 1 aromatic carbocycles. The van der Waals surface area contributed by atoms with Crippen LogP contribution in [-0.2, 0) is 35.3 Å². The molecule has 0 spiro atoms. The van der Waals surface area contributed by atoms with Crippen molar-refractivity contribution in [3.8, 4) is 0 Å². The van der Waals surface area contributed by atoms with Crippen LogP contribution in [-0.4, -0.2) is 66.3 Å². The monoisotopic (exact) mass is 758 g/mol. The number of ether oxygens (including phenoxy) is 2. The van der Waals surface area contributed by atoms with Gasteiger partial charge in [0.25, 0.3) is 0 Å². The number of hydrogen-bond acceptors (Lipinski definition) is 10. The number of anilines is 1. The molecule has 2 aromatic heterocycles. The molecular weight excluding hydrogens is 695 g/mol. The predicted molar refractivity (Wildman–Crippen MR) is 205 cm³/mol. The fourth-order valence-electron chi connectivity index (χ4n) is 7.69. The summed E-state index contributed by atoms with van der Waals surface area (Å²) in [7, 11) is -4.66. The minimum Gasteiger partial charge on any atom is -0.386 e. The lowest BCUT2D eigenvalue weighted by Crippen LogP contribution is -2.46. The second kappa shape index (κ2) is 20.0. The maximum atomic E-state index is 13.1. The number of rotatable bonds is 27. The average molecular weight is 759 g/mol. The van der Waals surface area contributed by atoms with Crippen molar-refractivity contribution in [2.45, 2.75) is 172 Å². The summed E-state index contributed by atoms with van der Waals surface area (Å²) < 4.78 is 37.7. The third-order valence-electron chi connectivity index (χ3n) is 11.0. The summed E-state index contributed by atoms with van der Waals surface area (Å²) >= 11 is 0. The number of aliphatic hydroxyl groups is 2. The first-order valence-electron chi connectivity index (χ1n) is 20.1. The molecule has 1 aliphatic heterocycles. The van der Waals surface area contributed by atoms with Crippen molar-refractivity contribution in [2.24, 2.45) is 0 Å². The van der Waals surface area contributed by atoms with E-state index in [4.69, 9.17) is 24.3 Å². The molecule has 5 N–H and O–H groups in total. The topological polar surface area (TPSA) is 171 Å². The van der Waals surface area contributed by atoms with Gasteiger partial charge in [-0.1, -0.05) is 146 Å². The number of nitrogen functional groups attached to an aromatic ring is 1. The minimum atomic E-state index is -4.66. The number of benzene rings is 1. The number of fused-ring (bicyclic) bond motifs is 2. The highest BCUT2D eigenvalue weighted by molar-refractivity contribution is 7.47. The van der Waals surface area contributed by atoms with E-state index < -0.39 is 43.4 Å². The maximum absolute atomic E-state index is 13.1. The highest BCUT2D eigenvalue weighted by Gasteiger charge is 2.82. The molecule has 7 atom stereocenters. The van der Waals surface area contributed by atoms with E-state index in [1.807, 2.05) is 30.3 Å². The summed E-state index contributed by atoms with van der Waals surface area (Å²) in [6.07, 6.45) is 19.7. The number of nitrogens with zero attached hydrogens (tertiary/aromatic N) is 3. The molecule has 0 amide bonds. The summed E-state index contributed by atoms with van der Waals surface area (Å²) in [4.78, 5) is 14.7. The van der Waals surface area contributed by atoms with Crippen LogP contribution in [0.25, 0.3) is 5.52 Å². The summed E-state index contributed by atoms with van der Waals surface area (Å²) in [5.41, 5.74) is 4.61. The van der Waals surface area contributed by atoms with Gasteiger partial charge in [0.15, 0.2) is 11.4 Å². The Hall–Kier alpha value is -2.41. The van der Waals surface area contributed by atoms with E-state index in [1.165, 1.54) is 101 Å². The van der Waals surface area contributed by atoms with Gasteiger partial charge in [-0.3, -0.25) is 9.05 Å². The first kappa shape index (κ1) is 41.7. The van der Waals surface area contributed by atoms with Gasteiger partial charge in [-0.2, -0.15) is 5.10 Å². The Morgan fingerprint density at radius 3 is 2.06 bits per heavy atom. The second-order valence-corrected chi connectivity index (χ2v) is 16.7. The third kappa shape index (κ3) is 11.1. The van der Waals surface area contributed by atoms with Gasteiger partial charge in [-0.25, -0.2) is 14.1 Å². The lowest BCUT2D eigenvalue weighted by atomic mass is 9.91. The van der Waals surface area contributed by atoms with E-state index in [1.54, 1.807) is 19.1 Å². The summed E-state index contributed by atoms with van der Waals surface area (Å²) in [5, 5.41) is 26.8. The molecule has 2 fully saturated rings. The Labute approximate surface area is 315 Å². The molecule has 12 nitrogen and oxygen atoms in total. The Balaban J connectivity index is 1.00. The highest BCUT2D eigenvalue weighted by atomic mass is 31.2. The van der Waals surface area contributed by atoms with Gasteiger partial charge in [-0.15, -0.1) is 0 Å². The van der Waals surface area contributed by atoms with Gasteiger partial charge in [0.1, 0.15) is 35.8 Å². The molecule has 296 valence electrons. The molecule has 2 aliphatic rings. The Kier molecular flexibility index (Phi) is 15.7. The second-order valence-electron chi connectivity index (χ2n) is 15.3. The quantitative estimate of drug-likeness (QED) is 0.0437. The van der Waals surface area contributed by atoms with Gasteiger partial charge < -0.3 is 30.3 Å². The van der Waals surface area contributed by atoms with Crippen LogP contribution in [0.3, 0.4) is 0 Å².